The van der Waals surface area contributed by atoms with Gasteiger partial charge in [-0.25, -0.2) is 8.42 Å². The summed E-state index contributed by atoms with van der Waals surface area (Å²) in [5.74, 6) is 4.49. The van der Waals surface area contributed by atoms with Crippen molar-refractivity contribution in [2.75, 3.05) is 19.6 Å². The van der Waals surface area contributed by atoms with Gasteiger partial charge in [-0.05, 0) is 49.2 Å². The van der Waals surface area contributed by atoms with Gasteiger partial charge in [0.1, 0.15) is 0 Å². The van der Waals surface area contributed by atoms with Gasteiger partial charge < -0.3 is 5.32 Å². The van der Waals surface area contributed by atoms with E-state index in [4.69, 9.17) is 11.6 Å². The molecule has 1 N–H and O–H groups in total. The molecule has 1 aliphatic heterocycles. The van der Waals surface area contributed by atoms with Crippen LogP contribution in [0, 0.1) is 11.8 Å². The van der Waals surface area contributed by atoms with Crippen LogP contribution in [-0.4, -0.2) is 38.3 Å². The molecule has 0 spiro atoms. The fourth-order valence-electron chi connectivity index (χ4n) is 3.06. The standard InChI is InChI=1S/C21H18ClF3N2O3S/c22-19-9-8-17(31(29,30)27-11-1-2-12-27)14-18(19)20(28)26-10-4-6-15-5-3-7-16(13-15)21(23,24)25/h3,5,7-9,13-14H,1-2,10-12H2,(H,26,28). The molecule has 1 amide bonds. The monoisotopic (exact) mass is 470 g/mol. The fraction of sp³-hybridized carbons (Fsp3) is 0.286. The lowest BCUT2D eigenvalue weighted by Crippen LogP contribution is -2.29. The van der Waals surface area contributed by atoms with E-state index < -0.39 is 27.7 Å². The Labute approximate surface area is 183 Å². The number of nitrogens with one attached hydrogen (secondary N) is 1. The number of hydrogen-bond acceptors (Lipinski definition) is 3. The SMILES string of the molecule is O=C(NCC#Cc1cccc(C(F)(F)F)c1)c1cc(S(=O)(=O)N2CCCC2)ccc1Cl. The summed E-state index contributed by atoms with van der Waals surface area (Å²) in [5, 5.41) is 2.55. The topological polar surface area (TPSA) is 66.5 Å². The molecule has 31 heavy (non-hydrogen) atoms. The number of sulfonamides is 1. The lowest BCUT2D eigenvalue weighted by molar-refractivity contribution is -0.137. The zero-order valence-electron chi connectivity index (χ0n) is 16.2. The van der Waals surface area contributed by atoms with Crippen LogP contribution in [0.25, 0.3) is 0 Å². The molecule has 2 aromatic rings. The van der Waals surface area contributed by atoms with Gasteiger partial charge in [-0.2, -0.15) is 17.5 Å². The molecule has 0 bridgehead atoms. The number of carbonyl (C=O) groups excluding carboxylic acids is 1. The molecule has 1 aliphatic rings. The smallest absolute Gasteiger partial charge is 0.341 e. The van der Waals surface area contributed by atoms with E-state index in [9.17, 15) is 26.4 Å². The molecular formula is C21H18ClF3N2O3S. The van der Waals surface area contributed by atoms with Crippen molar-refractivity contribution >= 4 is 27.5 Å². The Bertz CT molecular complexity index is 1150. The summed E-state index contributed by atoms with van der Waals surface area (Å²) in [6, 6.07) is 8.43. The molecule has 10 heteroatoms. The minimum atomic E-state index is -4.47. The fourth-order valence-corrected chi connectivity index (χ4v) is 4.80. The zero-order valence-corrected chi connectivity index (χ0v) is 17.7. The average molecular weight is 471 g/mol. The highest BCUT2D eigenvalue weighted by atomic mass is 35.5. The number of alkyl halides is 3. The zero-order chi connectivity index (χ0) is 22.6. The molecule has 3 rings (SSSR count). The first-order valence-electron chi connectivity index (χ1n) is 9.33. The van der Waals surface area contributed by atoms with E-state index >= 15 is 0 Å². The summed E-state index contributed by atoms with van der Waals surface area (Å²) in [6.45, 7) is 0.698. The molecule has 0 aliphatic carbocycles. The molecule has 1 fully saturated rings. The van der Waals surface area contributed by atoms with Crippen molar-refractivity contribution in [1.29, 1.82) is 0 Å². The molecule has 164 valence electrons. The second-order valence-electron chi connectivity index (χ2n) is 6.82. The van der Waals surface area contributed by atoms with E-state index in [0.29, 0.717) is 13.1 Å². The summed E-state index contributed by atoms with van der Waals surface area (Å²) >= 11 is 6.06. The van der Waals surface area contributed by atoms with Gasteiger partial charge in [0, 0.05) is 18.7 Å². The highest BCUT2D eigenvalue weighted by molar-refractivity contribution is 7.89. The average Bonchev–Trinajstić information content (AvgIpc) is 3.27. The van der Waals surface area contributed by atoms with E-state index in [0.717, 1.165) is 25.0 Å². The van der Waals surface area contributed by atoms with Crippen molar-refractivity contribution in [3.05, 3.63) is 64.2 Å². The molecule has 5 nitrogen and oxygen atoms in total. The Balaban J connectivity index is 1.70. The number of rotatable bonds is 4. The number of nitrogens with zero attached hydrogens (tertiary/aromatic N) is 1. The molecule has 0 aromatic heterocycles. The third-order valence-electron chi connectivity index (χ3n) is 4.65. The molecule has 0 unspecified atom stereocenters. The maximum atomic E-state index is 12.7. The number of carbonyl (C=O) groups is 1. The quantitative estimate of drug-likeness (QED) is 0.689. The molecule has 0 atom stereocenters. The third-order valence-corrected chi connectivity index (χ3v) is 6.87. The van der Waals surface area contributed by atoms with E-state index in [1.54, 1.807) is 0 Å². The number of amides is 1. The Morgan fingerprint density at radius 2 is 1.84 bits per heavy atom. The molecule has 1 heterocycles. The van der Waals surface area contributed by atoms with Gasteiger partial charge in [0.25, 0.3) is 5.91 Å². The van der Waals surface area contributed by atoms with Gasteiger partial charge in [-0.1, -0.05) is 29.5 Å². The lowest BCUT2D eigenvalue weighted by atomic mass is 10.1. The Morgan fingerprint density at radius 1 is 1.13 bits per heavy atom. The van der Waals surface area contributed by atoms with Gasteiger partial charge >= 0.3 is 6.18 Å². The van der Waals surface area contributed by atoms with Crippen molar-refractivity contribution in [1.82, 2.24) is 9.62 Å². The molecular weight excluding hydrogens is 453 g/mol. The maximum absolute atomic E-state index is 12.7. The normalized spacial score (nSPS) is 14.7. The maximum Gasteiger partial charge on any atom is 0.416 e. The first kappa shape index (κ1) is 23.1. The van der Waals surface area contributed by atoms with E-state index in [-0.39, 0.29) is 27.6 Å². The highest BCUT2D eigenvalue weighted by Crippen LogP contribution is 2.29. The summed E-state index contributed by atoms with van der Waals surface area (Å²) in [7, 11) is -3.71. The molecule has 0 radical (unpaired) electrons. The van der Waals surface area contributed by atoms with Crippen molar-refractivity contribution in [2.24, 2.45) is 0 Å². The van der Waals surface area contributed by atoms with Gasteiger partial charge in [-0.3, -0.25) is 4.79 Å². The number of benzene rings is 2. The Hall–Kier alpha value is -2.54. The van der Waals surface area contributed by atoms with Crippen LogP contribution in [0.4, 0.5) is 13.2 Å². The van der Waals surface area contributed by atoms with Crippen LogP contribution < -0.4 is 5.32 Å². The van der Waals surface area contributed by atoms with E-state index in [1.165, 1.54) is 34.6 Å². The van der Waals surface area contributed by atoms with Gasteiger partial charge in [-0.15, -0.1) is 0 Å². The Morgan fingerprint density at radius 3 is 2.52 bits per heavy atom. The molecule has 2 aromatic carbocycles. The van der Waals surface area contributed by atoms with Crippen LogP contribution in [-0.2, 0) is 16.2 Å². The van der Waals surface area contributed by atoms with Crippen LogP contribution in [0.5, 0.6) is 0 Å². The van der Waals surface area contributed by atoms with Crippen molar-refractivity contribution < 1.29 is 26.4 Å². The molecule has 0 saturated carbocycles. The van der Waals surface area contributed by atoms with Gasteiger partial charge in [0.2, 0.25) is 10.0 Å². The third kappa shape index (κ3) is 5.58. The van der Waals surface area contributed by atoms with Crippen molar-refractivity contribution in [3.63, 3.8) is 0 Å². The second kappa shape index (κ2) is 9.30. The predicted octanol–water partition coefficient (Wildman–Crippen LogP) is 3.92. The summed E-state index contributed by atoms with van der Waals surface area (Å²) in [6.07, 6.45) is -2.90. The van der Waals surface area contributed by atoms with Crippen LogP contribution >= 0.6 is 11.6 Å². The minimum Gasteiger partial charge on any atom is -0.341 e. The first-order chi connectivity index (χ1) is 14.6. The lowest BCUT2D eigenvalue weighted by Gasteiger charge is -2.16. The minimum absolute atomic E-state index is 0.0252. The van der Waals surface area contributed by atoms with E-state index in [1.807, 2.05) is 0 Å². The molecule has 1 saturated heterocycles. The number of hydrogen-bond donors (Lipinski definition) is 1. The predicted molar refractivity (Wildman–Crippen MR) is 110 cm³/mol. The van der Waals surface area contributed by atoms with E-state index in [2.05, 4.69) is 17.2 Å². The Kier molecular flexibility index (Phi) is 6.94. The second-order valence-corrected chi connectivity index (χ2v) is 9.16. The highest BCUT2D eigenvalue weighted by Gasteiger charge is 2.30. The van der Waals surface area contributed by atoms with Crippen LogP contribution in [0.2, 0.25) is 5.02 Å². The van der Waals surface area contributed by atoms with Crippen LogP contribution in [0.15, 0.2) is 47.4 Å². The van der Waals surface area contributed by atoms with Crippen molar-refractivity contribution in [2.45, 2.75) is 23.9 Å². The van der Waals surface area contributed by atoms with Gasteiger partial charge in [0.05, 0.1) is 27.6 Å². The number of halogens is 4. The summed E-state index contributed by atoms with van der Waals surface area (Å²) in [4.78, 5) is 12.4. The summed E-state index contributed by atoms with van der Waals surface area (Å²) < 4.78 is 64.9. The largest absolute Gasteiger partial charge is 0.416 e. The van der Waals surface area contributed by atoms with Crippen LogP contribution in [0.1, 0.15) is 34.3 Å². The van der Waals surface area contributed by atoms with Crippen LogP contribution in [0.3, 0.4) is 0 Å². The first-order valence-corrected chi connectivity index (χ1v) is 11.1. The van der Waals surface area contributed by atoms with Gasteiger partial charge in [0.15, 0.2) is 0 Å². The summed E-state index contributed by atoms with van der Waals surface area (Å²) in [5.41, 5.74) is -0.685. The van der Waals surface area contributed by atoms with Crippen molar-refractivity contribution in [3.8, 4) is 11.8 Å².